The molecule has 0 spiro atoms. The van der Waals surface area contributed by atoms with Gasteiger partial charge in [0.25, 0.3) is 5.91 Å². The molecule has 1 saturated heterocycles. The SMILES string of the molecule is C[C@H]1[C@H](Nc2ncc(C(F)(F)F)cn2)CCCN1C(=O)c1ccc(F)cc1-c1ncco1. The molecular weight excluding hydrogens is 430 g/mol. The molecule has 0 radical (unpaired) electrons. The highest BCUT2D eigenvalue weighted by atomic mass is 19.4. The third kappa shape index (κ3) is 4.41. The second-order valence-corrected chi connectivity index (χ2v) is 7.45. The van der Waals surface area contributed by atoms with Gasteiger partial charge < -0.3 is 14.6 Å². The summed E-state index contributed by atoms with van der Waals surface area (Å²) in [5.74, 6) is -0.678. The quantitative estimate of drug-likeness (QED) is 0.595. The Labute approximate surface area is 180 Å². The molecule has 1 aliphatic rings. The fraction of sp³-hybridized carbons (Fsp3) is 0.333. The zero-order chi connectivity index (χ0) is 22.9. The lowest BCUT2D eigenvalue weighted by Gasteiger charge is -2.40. The molecule has 4 rings (SSSR count). The maximum atomic E-state index is 13.8. The highest BCUT2D eigenvalue weighted by Gasteiger charge is 2.34. The van der Waals surface area contributed by atoms with Crippen LogP contribution in [0.4, 0.5) is 23.5 Å². The molecule has 32 heavy (non-hydrogen) atoms. The molecular formula is C21H19F4N5O2. The molecule has 7 nitrogen and oxygen atoms in total. The minimum Gasteiger partial charge on any atom is -0.445 e. The van der Waals surface area contributed by atoms with Gasteiger partial charge in [-0.15, -0.1) is 0 Å². The number of nitrogens with zero attached hydrogens (tertiary/aromatic N) is 4. The number of piperidine rings is 1. The highest BCUT2D eigenvalue weighted by Crippen LogP contribution is 2.30. The Morgan fingerprint density at radius 2 is 1.97 bits per heavy atom. The first-order chi connectivity index (χ1) is 15.2. The average molecular weight is 449 g/mol. The van der Waals surface area contributed by atoms with Crippen LogP contribution in [0.1, 0.15) is 35.7 Å². The van der Waals surface area contributed by atoms with Crippen molar-refractivity contribution >= 4 is 11.9 Å². The largest absolute Gasteiger partial charge is 0.445 e. The molecule has 0 bridgehead atoms. The van der Waals surface area contributed by atoms with Gasteiger partial charge in [-0.2, -0.15) is 13.2 Å². The van der Waals surface area contributed by atoms with Gasteiger partial charge >= 0.3 is 6.18 Å². The van der Waals surface area contributed by atoms with Gasteiger partial charge in [0.2, 0.25) is 11.8 Å². The summed E-state index contributed by atoms with van der Waals surface area (Å²) in [4.78, 5) is 26.5. The summed E-state index contributed by atoms with van der Waals surface area (Å²) in [6, 6.07) is 3.17. The number of aromatic nitrogens is 3. The van der Waals surface area contributed by atoms with Gasteiger partial charge in [0.1, 0.15) is 12.1 Å². The monoisotopic (exact) mass is 449 g/mol. The van der Waals surface area contributed by atoms with Crippen molar-refractivity contribution in [2.75, 3.05) is 11.9 Å². The molecule has 168 valence electrons. The van der Waals surface area contributed by atoms with Gasteiger partial charge in [-0.05, 0) is 38.0 Å². The zero-order valence-corrected chi connectivity index (χ0v) is 16.9. The van der Waals surface area contributed by atoms with Crippen LogP contribution in [-0.2, 0) is 6.18 Å². The van der Waals surface area contributed by atoms with Crippen molar-refractivity contribution in [1.29, 1.82) is 0 Å². The van der Waals surface area contributed by atoms with Crippen molar-refractivity contribution in [3.05, 3.63) is 60.0 Å². The van der Waals surface area contributed by atoms with E-state index in [1.807, 2.05) is 6.92 Å². The molecule has 3 heterocycles. The molecule has 1 amide bonds. The van der Waals surface area contributed by atoms with Crippen LogP contribution < -0.4 is 5.32 Å². The molecule has 1 N–H and O–H groups in total. The Hall–Kier alpha value is -3.50. The van der Waals surface area contributed by atoms with Crippen molar-refractivity contribution in [3.63, 3.8) is 0 Å². The van der Waals surface area contributed by atoms with E-state index in [2.05, 4.69) is 20.3 Å². The van der Waals surface area contributed by atoms with E-state index < -0.39 is 17.6 Å². The summed E-state index contributed by atoms with van der Waals surface area (Å²) >= 11 is 0. The van der Waals surface area contributed by atoms with Crippen molar-refractivity contribution in [2.45, 2.75) is 38.0 Å². The number of anilines is 1. The average Bonchev–Trinajstić information content (AvgIpc) is 3.29. The fourth-order valence-electron chi connectivity index (χ4n) is 3.73. The first-order valence-electron chi connectivity index (χ1n) is 9.90. The molecule has 0 saturated carbocycles. The molecule has 11 heteroatoms. The highest BCUT2D eigenvalue weighted by molar-refractivity contribution is 6.00. The Morgan fingerprint density at radius 1 is 1.22 bits per heavy atom. The third-order valence-electron chi connectivity index (χ3n) is 5.42. The second kappa shape index (κ2) is 8.56. The van der Waals surface area contributed by atoms with Crippen molar-refractivity contribution in [2.24, 2.45) is 0 Å². The summed E-state index contributed by atoms with van der Waals surface area (Å²) in [7, 11) is 0. The van der Waals surface area contributed by atoms with Crippen LogP contribution in [0.15, 0.2) is 47.5 Å². The van der Waals surface area contributed by atoms with Gasteiger partial charge in [0.15, 0.2) is 0 Å². The Morgan fingerprint density at radius 3 is 2.62 bits per heavy atom. The maximum absolute atomic E-state index is 13.8. The van der Waals surface area contributed by atoms with Crippen LogP contribution in [-0.4, -0.2) is 44.4 Å². The standard InChI is InChI=1S/C21H19F4N5O2/c1-12-17(29-20-27-10-13(11-28-20)21(23,24)25)3-2-7-30(12)19(31)15-5-4-14(22)9-16(15)18-26-6-8-32-18/h4-6,8-12,17H,2-3,7H2,1H3,(H,27,28,29)/t12-,17+/m0/s1. The number of nitrogens with one attached hydrogen (secondary N) is 1. The molecule has 0 aliphatic carbocycles. The molecule has 2 atom stereocenters. The number of carbonyl (C=O) groups excluding carboxylic acids is 1. The number of carbonyl (C=O) groups is 1. The summed E-state index contributed by atoms with van der Waals surface area (Å²) in [6.07, 6.45) is 0.981. The molecule has 1 fully saturated rings. The van der Waals surface area contributed by atoms with Crippen molar-refractivity contribution in [1.82, 2.24) is 19.9 Å². The number of benzene rings is 1. The molecule has 1 aromatic carbocycles. The summed E-state index contributed by atoms with van der Waals surface area (Å²) in [6.45, 7) is 2.29. The van der Waals surface area contributed by atoms with Crippen LogP contribution in [0.2, 0.25) is 0 Å². The van der Waals surface area contributed by atoms with Crippen LogP contribution >= 0.6 is 0 Å². The van der Waals surface area contributed by atoms with Gasteiger partial charge in [-0.1, -0.05) is 0 Å². The minimum absolute atomic E-state index is 0.0476. The van der Waals surface area contributed by atoms with Gasteiger partial charge in [-0.3, -0.25) is 4.79 Å². The lowest BCUT2D eigenvalue weighted by molar-refractivity contribution is -0.138. The molecule has 1 aliphatic heterocycles. The molecule has 2 aromatic heterocycles. The topological polar surface area (TPSA) is 84.2 Å². The predicted octanol–water partition coefficient (Wildman–Crippen LogP) is 4.39. The van der Waals surface area contributed by atoms with Gasteiger partial charge in [0, 0.05) is 31.0 Å². The van der Waals surface area contributed by atoms with E-state index in [9.17, 15) is 22.4 Å². The predicted molar refractivity (Wildman–Crippen MR) is 106 cm³/mol. The van der Waals surface area contributed by atoms with E-state index in [4.69, 9.17) is 4.42 Å². The number of halogens is 4. The summed E-state index contributed by atoms with van der Waals surface area (Å²) in [5, 5.41) is 3.02. The third-order valence-corrected chi connectivity index (χ3v) is 5.42. The van der Waals surface area contributed by atoms with E-state index in [0.29, 0.717) is 31.8 Å². The summed E-state index contributed by atoms with van der Waals surface area (Å²) in [5.41, 5.74) is -0.451. The lowest BCUT2D eigenvalue weighted by atomic mass is 9.95. The number of hydrogen-bond donors (Lipinski definition) is 1. The first kappa shape index (κ1) is 21.7. The normalized spacial score (nSPS) is 19.1. The van der Waals surface area contributed by atoms with Crippen molar-refractivity contribution in [3.8, 4) is 11.5 Å². The number of hydrogen-bond acceptors (Lipinski definition) is 6. The van der Waals surface area contributed by atoms with Crippen molar-refractivity contribution < 1.29 is 26.8 Å². The van der Waals surface area contributed by atoms with E-state index in [0.717, 1.165) is 0 Å². The number of alkyl halides is 3. The van der Waals surface area contributed by atoms with Crippen LogP contribution in [0.3, 0.4) is 0 Å². The van der Waals surface area contributed by atoms with Crippen LogP contribution in [0.5, 0.6) is 0 Å². The Balaban J connectivity index is 1.54. The Kier molecular flexibility index (Phi) is 5.81. The van der Waals surface area contributed by atoms with E-state index >= 15 is 0 Å². The van der Waals surface area contributed by atoms with Gasteiger partial charge in [-0.25, -0.2) is 19.3 Å². The smallest absolute Gasteiger partial charge is 0.419 e. The maximum Gasteiger partial charge on any atom is 0.419 e. The number of oxazole rings is 1. The molecule has 0 unspecified atom stereocenters. The number of amides is 1. The second-order valence-electron chi connectivity index (χ2n) is 7.45. The molecule has 3 aromatic rings. The van der Waals surface area contributed by atoms with Crippen LogP contribution in [0, 0.1) is 5.82 Å². The number of likely N-dealkylation sites (tertiary alicyclic amines) is 1. The summed E-state index contributed by atoms with van der Waals surface area (Å²) < 4.78 is 57.3. The van der Waals surface area contributed by atoms with E-state index in [1.54, 1.807) is 4.90 Å². The minimum atomic E-state index is -4.52. The van der Waals surface area contributed by atoms with Gasteiger partial charge in [0.05, 0.1) is 22.9 Å². The number of rotatable bonds is 4. The zero-order valence-electron chi connectivity index (χ0n) is 16.9. The van der Waals surface area contributed by atoms with E-state index in [-0.39, 0.29) is 41.0 Å². The first-order valence-corrected chi connectivity index (χ1v) is 9.90. The fourth-order valence-corrected chi connectivity index (χ4v) is 3.73. The van der Waals surface area contributed by atoms with Crippen LogP contribution in [0.25, 0.3) is 11.5 Å². The van der Waals surface area contributed by atoms with E-state index in [1.165, 1.54) is 30.7 Å². The Bertz CT molecular complexity index is 1090. The lowest BCUT2D eigenvalue weighted by Crippen LogP contribution is -2.52.